The Balaban J connectivity index is 0.976. The van der Waals surface area contributed by atoms with Crippen LogP contribution in [-0.2, 0) is 13.1 Å². The van der Waals surface area contributed by atoms with Gasteiger partial charge in [0.15, 0.2) is 0 Å². The summed E-state index contributed by atoms with van der Waals surface area (Å²) in [5, 5.41) is 9.70. The Bertz CT molecular complexity index is 4220. The van der Waals surface area contributed by atoms with Crippen LogP contribution in [0.3, 0.4) is 0 Å². The quantitative estimate of drug-likeness (QED) is 0.135. The predicted molar refractivity (Wildman–Crippen MR) is 312 cm³/mol. The molecule has 0 atom stereocenters. The summed E-state index contributed by atoms with van der Waals surface area (Å²) in [6.07, 6.45) is 0. The molecular weight excluding hydrogens is 897 g/mol. The number of aryl methyl sites for hydroxylation is 2. The number of imidazole rings is 2. The van der Waals surface area contributed by atoms with E-state index in [0.29, 0.717) is 0 Å². The van der Waals surface area contributed by atoms with Gasteiger partial charge in [-0.05, 0) is 120 Å². The van der Waals surface area contributed by atoms with Crippen molar-refractivity contribution in [2.24, 2.45) is 0 Å². The van der Waals surface area contributed by atoms with Gasteiger partial charge in [0.25, 0.3) is 0 Å². The van der Waals surface area contributed by atoms with Gasteiger partial charge in [0, 0.05) is 35.3 Å². The van der Waals surface area contributed by atoms with Gasteiger partial charge < -0.3 is 9.13 Å². The molecule has 0 aliphatic rings. The molecule has 0 radical (unpaired) electrons. The van der Waals surface area contributed by atoms with Crippen LogP contribution in [0.2, 0.25) is 0 Å². The van der Waals surface area contributed by atoms with Crippen LogP contribution in [0.4, 0.5) is 0 Å². The maximum atomic E-state index is 5.39. The average molecular weight is 947 g/mol. The molecule has 4 nitrogen and oxygen atoms in total. The van der Waals surface area contributed by atoms with Crippen LogP contribution in [0.5, 0.6) is 0 Å². The zero-order chi connectivity index (χ0) is 49.3. The molecule has 0 aliphatic carbocycles. The van der Waals surface area contributed by atoms with E-state index in [-0.39, 0.29) is 0 Å². The van der Waals surface area contributed by atoms with E-state index in [9.17, 15) is 0 Å². The molecule has 0 aliphatic heterocycles. The fraction of sp³-hybridized carbons (Fsp3) is 0.0571. The first-order valence-electron chi connectivity index (χ1n) is 25.8. The average Bonchev–Trinajstić information content (AvgIpc) is 4.06. The van der Waals surface area contributed by atoms with Crippen LogP contribution in [-0.4, -0.2) is 19.1 Å². The molecule has 0 saturated carbocycles. The fourth-order valence-corrected chi connectivity index (χ4v) is 12.1. The van der Waals surface area contributed by atoms with E-state index in [1.165, 1.54) is 87.6 Å². The first-order valence-corrected chi connectivity index (χ1v) is 25.8. The molecule has 2 aromatic heterocycles. The maximum Gasteiger partial charge on any atom is 0.141 e. The smallest absolute Gasteiger partial charge is 0.141 e. The molecule has 4 heteroatoms. The third kappa shape index (κ3) is 6.83. The standard InChI is InChI=1S/C70H50N4/c1-3-73-64-38-20-36-60(67(64)71-69(73)46-24-10-6-11-25-46)56-42-40-54(48-28-14-16-30-50(48)56)52-32-18-34-58-62(52)44-63-53(33-19-35-59(63)66(58)45-22-8-5-9-23-45)55-41-43-57(51-31-17-15-29-49(51)55)61-37-21-39-65-68(61)72-70(74(65)4-2)47-26-12-7-13-27-47/h5-44H,3-4H2,1-2H3. The van der Waals surface area contributed by atoms with Crippen molar-refractivity contribution in [1.29, 1.82) is 0 Å². The number of nitrogens with zero attached hydrogens (tertiary/aromatic N) is 4. The van der Waals surface area contributed by atoms with Crippen molar-refractivity contribution in [2.75, 3.05) is 0 Å². The van der Waals surface area contributed by atoms with E-state index in [1.54, 1.807) is 0 Å². The lowest BCUT2D eigenvalue weighted by Gasteiger charge is -2.19. The van der Waals surface area contributed by atoms with Gasteiger partial charge in [-0.1, -0.05) is 224 Å². The van der Waals surface area contributed by atoms with E-state index in [1.807, 2.05) is 0 Å². The number of hydrogen-bond donors (Lipinski definition) is 0. The van der Waals surface area contributed by atoms with Crippen LogP contribution in [0.1, 0.15) is 13.8 Å². The van der Waals surface area contributed by atoms with E-state index in [4.69, 9.17) is 9.97 Å². The number of para-hydroxylation sites is 2. The van der Waals surface area contributed by atoms with Crippen molar-refractivity contribution < 1.29 is 0 Å². The summed E-state index contributed by atoms with van der Waals surface area (Å²) in [4.78, 5) is 10.8. The topological polar surface area (TPSA) is 35.6 Å². The van der Waals surface area contributed by atoms with Gasteiger partial charge in [-0.15, -0.1) is 0 Å². The van der Waals surface area contributed by atoms with Gasteiger partial charge in [0.2, 0.25) is 0 Å². The van der Waals surface area contributed by atoms with Gasteiger partial charge in [0.1, 0.15) is 11.6 Å². The highest BCUT2D eigenvalue weighted by atomic mass is 15.1. The Kier molecular flexibility index (Phi) is 10.4. The highest BCUT2D eigenvalue weighted by molar-refractivity contribution is 6.22. The maximum absolute atomic E-state index is 5.39. The van der Waals surface area contributed by atoms with Crippen molar-refractivity contribution in [1.82, 2.24) is 19.1 Å². The molecule has 14 rings (SSSR count). The minimum Gasteiger partial charge on any atom is -0.324 e. The van der Waals surface area contributed by atoms with Gasteiger partial charge >= 0.3 is 0 Å². The Labute approximate surface area is 430 Å². The monoisotopic (exact) mass is 946 g/mol. The Morgan fingerprint density at radius 1 is 0.270 bits per heavy atom. The second kappa shape index (κ2) is 17.7. The fourth-order valence-electron chi connectivity index (χ4n) is 12.1. The number of fused-ring (bicyclic) bond motifs is 6. The molecule has 0 spiro atoms. The van der Waals surface area contributed by atoms with Crippen molar-refractivity contribution in [2.45, 2.75) is 26.9 Å². The molecule has 0 bridgehead atoms. The molecule has 14 aromatic rings. The molecule has 74 heavy (non-hydrogen) atoms. The first-order chi connectivity index (χ1) is 36.7. The van der Waals surface area contributed by atoms with Gasteiger partial charge in [0.05, 0.1) is 22.1 Å². The predicted octanol–water partition coefficient (Wildman–Crippen LogP) is 18.7. The van der Waals surface area contributed by atoms with Gasteiger partial charge in [-0.3, -0.25) is 0 Å². The van der Waals surface area contributed by atoms with Gasteiger partial charge in [-0.2, -0.15) is 0 Å². The molecule has 0 fully saturated rings. The Hall–Kier alpha value is -9.38. The molecule has 350 valence electrons. The third-order valence-electron chi connectivity index (χ3n) is 15.4. The van der Waals surface area contributed by atoms with Gasteiger partial charge in [-0.25, -0.2) is 9.97 Å². The number of aromatic nitrogens is 4. The Morgan fingerprint density at radius 3 is 0.973 bits per heavy atom. The second-order valence-corrected chi connectivity index (χ2v) is 19.3. The highest BCUT2D eigenvalue weighted by Crippen LogP contribution is 2.47. The summed E-state index contributed by atoms with van der Waals surface area (Å²) in [6.45, 7) is 6.06. The third-order valence-corrected chi connectivity index (χ3v) is 15.4. The highest BCUT2D eigenvalue weighted by Gasteiger charge is 2.22. The summed E-state index contributed by atoms with van der Waals surface area (Å²) in [5.74, 6) is 1.99. The number of hydrogen-bond acceptors (Lipinski definition) is 2. The number of rotatable bonds is 9. The summed E-state index contributed by atoms with van der Waals surface area (Å²) in [5.41, 5.74) is 18.4. The Morgan fingerprint density at radius 2 is 0.581 bits per heavy atom. The van der Waals surface area contributed by atoms with Crippen LogP contribution in [0, 0.1) is 0 Å². The van der Waals surface area contributed by atoms with Crippen LogP contribution < -0.4 is 0 Å². The summed E-state index contributed by atoms with van der Waals surface area (Å²) in [7, 11) is 0. The summed E-state index contributed by atoms with van der Waals surface area (Å²) < 4.78 is 4.68. The molecule has 2 heterocycles. The molecule has 0 unspecified atom stereocenters. The van der Waals surface area contributed by atoms with Crippen molar-refractivity contribution in [3.05, 3.63) is 243 Å². The minimum absolute atomic E-state index is 0.826. The normalized spacial score (nSPS) is 11.8. The van der Waals surface area contributed by atoms with Crippen molar-refractivity contribution >= 4 is 65.2 Å². The minimum atomic E-state index is 0.826. The van der Waals surface area contributed by atoms with E-state index in [2.05, 4.69) is 266 Å². The van der Waals surface area contributed by atoms with Crippen LogP contribution >= 0.6 is 0 Å². The molecule has 0 saturated heterocycles. The zero-order valence-electron chi connectivity index (χ0n) is 41.3. The first kappa shape index (κ1) is 43.4. The summed E-state index contributed by atoms with van der Waals surface area (Å²) in [6, 6.07) is 88.7. The largest absolute Gasteiger partial charge is 0.324 e. The SMILES string of the molecule is CCn1c(-c2ccccc2)nc2c(-c3ccc(-c4cccc5c(-c6ccccc6)c6cccc(-c7ccc(-c8cccc9c8nc(-c8ccccc8)n9CC)c8ccccc78)c6cc45)c4ccccc34)cccc21. The van der Waals surface area contributed by atoms with E-state index >= 15 is 0 Å². The van der Waals surface area contributed by atoms with Crippen molar-refractivity contribution in [3.8, 4) is 78.4 Å². The zero-order valence-corrected chi connectivity index (χ0v) is 41.3. The lowest BCUT2D eigenvalue weighted by atomic mass is 9.84. The van der Waals surface area contributed by atoms with Crippen molar-refractivity contribution in [3.63, 3.8) is 0 Å². The summed E-state index contributed by atoms with van der Waals surface area (Å²) >= 11 is 0. The lowest BCUT2D eigenvalue weighted by Crippen LogP contribution is -1.97. The molecule has 0 N–H and O–H groups in total. The van der Waals surface area contributed by atoms with Crippen LogP contribution in [0.25, 0.3) is 144 Å². The molecule has 0 amide bonds. The van der Waals surface area contributed by atoms with E-state index in [0.717, 1.165) is 69.1 Å². The number of benzene rings is 12. The second-order valence-electron chi connectivity index (χ2n) is 19.3. The lowest BCUT2D eigenvalue weighted by molar-refractivity contribution is 0.796. The molecular formula is C70H50N4. The van der Waals surface area contributed by atoms with Crippen LogP contribution in [0.15, 0.2) is 243 Å². The molecule has 12 aromatic carbocycles. The van der Waals surface area contributed by atoms with E-state index < -0.39 is 0 Å².